The molecule has 6 atom stereocenters. The van der Waals surface area contributed by atoms with Crippen LogP contribution in [0.15, 0.2) is 14.4 Å². The van der Waals surface area contributed by atoms with Crippen LogP contribution in [0.3, 0.4) is 0 Å². The summed E-state index contributed by atoms with van der Waals surface area (Å²) in [6, 6.07) is -1.69. The van der Waals surface area contributed by atoms with E-state index < -0.39 is 60.4 Å². The summed E-state index contributed by atoms with van der Waals surface area (Å²) in [5.41, 5.74) is -3.27. The molecule has 1 aromatic rings. The number of rotatable bonds is 27. The fraction of sp³-hybridized carbons (Fsp3) is 0.821. The van der Waals surface area contributed by atoms with E-state index in [1.165, 1.54) is 71.6 Å². The summed E-state index contributed by atoms with van der Waals surface area (Å²) in [6.45, 7) is 5.43. The Bertz CT molecular complexity index is 2080. The maximum atomic E-state index is 14.0. The van der Waals surface area contributed by atoms with Crippen molar-refractivity contribution in [3.05, 3.63) is 31.5 Å². The molecule has 68 heavy (non-hydrogen) atoms. The van der Waals surface area contributed by atoms with Gasteiger partial charge in [-0.1, -0.05) is 0 Å². The van der Waals surface area contributed by atoms with Gasteiger partial charge in [0.05, 0.1) is 52.2 Å². The molecular weight excluding hydrogens is 943 g/mol. The molecule has 6 unspecified atom stereocenters. The lowest BCUT2D eigenvalue weighted by molar-refractivity contribution is -0.0290. The molecule has 5 aliphatic rings. The van der Waals surface area contributed by atoms with Crippen molar-refractivity contribution >= 4 is 47.6 Å². The predicted molar refractivity (Wildman–Crippen MR) is 242 cm³/mol. The minimum absolute atomic E-state index is 0.00823. The van der Waals surface area contributed by atoms with Crippen LogP contribution in [0.25, 0.3) is 0 Å². The van der Waals surface area contributed by atoms with Gasteiger partial charge in [-0.2, -0.15) is 0 Å². The van der Waals surface area contributed by atoms with Gasteiger partial charge in [0, 0.05) is 52.5 Å². The summed E-state index contributed by atoms with van der Waals surface area (Å²) in [5, 5.41) is 9.53. The second kappa shape index (κ2) is 24.1. The summed E-state index contributed by atoms with van der Waals surface area (Å²) in [7, 11) is 5.82. The van der Waals surface area contributed by atoms with Crippen molar-refractivity contribution in [2.75, 3.05) is 113 Å². The van der Waals surface area contributed by atoms with Crippen LogP contribution in [0.2, 0.25) is 0 Å². The first-order valence-corrected chi connectivity index (χ1v) is 24.2. The van der Waals surface area contributed by atoms with E-state index in [2.05, 4.69) is 0 Å². The predicted octanol–water partition coefficient (Wildman–Crippen LogP) is -1.24. The fourth-order valence-electron chi connectivity index (χ4n) is 8.74. The first kappa shape index (κ1) is 53.2. The summed E-state index contributed by atoms with van der Waals surface area (Å²) >= 11 is 3.02. The molecule has 0 spiro atoms. The van der Waals surface area contributed by atoms with Gasteiger partial charge in [0.2, 0.25) is 0 Å². The molecule has 0 aromatic carbocycles. The van der Waals surface area contributed by atoms with E-state index in [0.29, 0.717) is 11.5 Å². The zero-order valence-electron chi connectivity index (χ0n) is 39.7. The first-order chi connectivity index (χ1) is 32.7. The first-order valence-electron chi connectivity index (χ1n) is 22.1. The molecule has 0 aliphatic carbocycles. The van der Waals surface area contributed by atoms with Crippen LogP contribution in [0.5, 0.6) is 0 Å². The lowest BCUT2D eigenvalue weighted by Crippen LogP contribution is -2.55. The van der Waals surface area contributed by atoms with Crippen molar-refractivity contribution in [3.63, 3.8) is 0 Å². The molecule has 8 amide bonds. The Morgan fingerprint density at radius 1 is 0.500 bits per heavy atom. The van der Waals surface area contributed by atoms with Gasteiger partial charge in [0.15, 0.2) is 24.7 Å². The minimum atomic E-state index is -0.927. The lowest BCUT2D eigenvalue weighted by Gasteiger charge is -2.32. The molecule has 1 aromatic heterocycles. The molecular formula is C39H65N11O16S2. The van der Waals surface area contributed by atoms with Gasteiger partial charge in [-0.3, -0.25) is 39.2 Å². The van der Waals surface area contributed by atoms with Crippen LogP contribution in [-0.2, 0) is 57.5 Å². The molecule has 0 saturated carbocycles. The maximum absolute atomic E-state index is 14.0. The van der Waals surface area contributed by atoms with Crippen LogP contribution in [-0.4, -0.2) is 243 Å². The van der Waals surface area contributed by atoms with E-state index in [1.54, 1.807) is 33.4 Å². The van der Waals surface area contributed by atoms with Crippen LogP contribution in [0.4, 0.5) is 19.2 Å². The summed E-state index contributed by atoms with van der Waals surface area (Å²) in [4.78, 5) is 106. The number of hydrogen-bond donors (Lipinski definition) is 1. The molecule has 384 valence electrons. The Hall–Kier alpha value is -4.17. The third-order valence-corrected chi connectivity index (χ3v) is 14.4. The van der Waals surface area contributed by atoms with E-state index in [4.69, 9.17) is 37.9 Å². The molecule has 5 saturated heterocycles. The van der Waals surface area contributed by atoms with Crippen molar-refractivity contribution in [3.8, 4) is 0 Å². The average Bonchev–Trinajstić information content (AvgIpc) is 3.93. The largest absolute Gasteiger partial charge is 0.395 e. The molecule has 6 rings (SSSR count). The zero-order chi connectivity index (χ0) is 49.4. The van der Waals surface area contributed by atoms with Gasteiger partial charge in [0.25, 0.3) is 0 Å². The van der Waals surface area contributed by atoms with E-state index >= 15 is 0 Å². The van der Waals surface area contributed by atoms with E-state index in [1.807, 2.05) is 13.8 Å². The summed E-state index contributed by atoms with van der Waals surface area (Å²) < 4.78 is 47.8. The second-order valence-electron chi connectivity index (χ2n) is 16.6. The molecule has 5 fully saturated rings. The Balaban J connectivity index is 1.05. The average molecular weight is 1010 g/mol. The van der Waals surface area contributed by atoms with Crippen molar-refractivity contribution in [2.24, 2.45) is 0 Å². The van der Waals surface area contributed by atoms with Gasteiger partial charge < -0.3 is 43.0 Å². The number of carbonyl (C=O) groups is 4. The molecule has 0 bridgehead atoms. The number of aliphatic hydroxyl groups excluding tert-OH is 1. The maximum Gasteiger partial charge on any atom is 0.336 e. The smallest absolute Gasteiger partial charge is 0.336 e. The third-order valence-electron chi connectivity index (χ3n) is 11.7. The van der Waals surface area contributed by atoms with Crippen LogP contribution in [0.1, 0.15) is 27.7 Å². The number of aliphatic hydroxyl groups is 1. The highest BCUT2D eigenvalue weighted by Gasteiger charge is 2.61. The third kappa shape index (κ3) is 10.9. The number of urea groups is 4. The monoisotopic (exact) mass is 1010 g/mol. The summed E-state index contributed by atoms with van der Waals surface area (Å²) in [5.74, 6) is 1.03. The zero-order valence-corrected chi connectivity index (χ0v) is 41.4. The van der Waals surface area contributed by atoms with Gasteiger partial charge in [-0.25, -0.2) is 47.3 Å². The van der Waals surface area contributed by atoms with Crippen LogP contribution >= 0.6 is 23.5 Å². The summed E-state index contributed by atoms with van der Waals surface area (Å²) in [6.07, 6.45) is -3.12. The molecule has 5 aliphatic heterocycles. The van der Waals surface area contributed by atoms with Crippen LogP contribution in [0, 0.1) is 0 Å². The van der Waals surface area contributed by atoms with Gasteiger partial charge in [0.1, 0.15) is 51.3 Å². The standard InChI is InChI=1S/C39H65N11O16S2/c1-25(2)50-32-31(46(21-61-7)39(50)58)40(33(52)47(32)22-62-8)11-16-65-27-17-68-28(18-67-27)66-24-49-30-29(44(19-59-5)38(49)57)48(37(56)45(30)20-60-6)23-63-14-10-42-34(53)41(9-13-51)35(54)43(36(42)55)12-15-64-26(3)4/h25-32,51H,9-24H2,1-8H3. The molecule has 0 radical (unpaired) electrons. The lowest BCUT2D eigenvalue weighted by atomic mass is 10.3. The van der Waals surface area contributed by atoms with Crippen molar-refractivity contribution in [1.29, 1.82) is 0 Å². The number of methoxy groups -OCH3 is 4. The molecule has 29 heteroatoms. The fourth-order valence-corrected chi connectivity index (χ4v) is 11.3. The van der Waals surface area contributed by atoms with E-state index in [9.17, 15) is 38.7 Å². The number of ether oxygens (including phenoxy) is 8. The molecule has 6 heterocycles. The van der Waals surface area contributed by atoms with Crippen molar-refractivity contribution in [1.82, 2.24) is 52.9 Å². The Kier molecular flexibility index (Phi) is 18.9. The number of hydrogen-bond acceptors (Lipinski definition) is 18. The number of amides is 8. The SMILES string of the molecule is COCN1C(=O)N(COC2CSC(OCCN3C(=O)N(COC)C4C3N(COC)C(=O)N4C(C)C)CS2)C2C1N(COCCn1c(=O)n(CCO)c(=O)n(CCOC(C)C)c1=O)C(=O)N2COC. The van der Waals surface area contributed by atoms with Crippen molar-refractivity contribution in [2.45, 2.75) is 95.0 Å². The van der Waals surface area contributed by atoms with E-state index in [-0.39, 0.29) is 121 Å². The van der Waals surface area contributed by atoms with Crippen molar-refractivity contribution < 1.29 is 62.2 Å². The normalized spacial score (nSPS) is 24.2. The highest BCUT2D eigenvalue weighted by molar-refractivity contribution is 8.06. The Labute approximate surface area is 401 Å². The number of aromatic nitrogens is 3. The number of fused-ring (bicyclic) bond motifs is 2. The second-order valence-corrected chi connectivity index (χ2v) is 19.0. The number of thioether (sulfide) groups is 2. The van der Waals surface area contributed by atoms with Gasteiger partial charge in [-0.05, 0) is 27.7 Å². The quantitative estimate of drug-likeness (QED) is 0.101. The van der Waals surface area contributed by atoms with Gasteiger partial charge >= 0.3 is 41.2 Å². The Morgan fingerprint density at radius 2 is 0.926 bits per heavy atom. The topological polar surface area (TPSA) is 254 Å². The number of nitrogens with zero attached hydrogens (tertiary/aromatic N) is 11. The minimum Gasteiger partial charge on any atom is -0.395 e. The van der Waals surface area contributed by atoms with Gasteiger partial charge in [-0.15, -0.1) is 23.5 Å². The van der Waals surface area contributed by atoms with Crippen LogP contribution < -0.4 is 17.1 Å². The highest BCUT2D eigenvalue weighted by atomic mass is 32.2. The highest BCUT2D eigenvalue weighted by Crippen LogP contribution is 2.38. The number of carbonyl (C=O) groups excluding carboxylic acids is 4. The molecule has 27 nitrogen and oxygen atoms in total. The van der Waals surface area contributed by atoms with E-state index in [0.717, 1.165) is 13.7 Å². The molecule has 1 N–H and O–H groups in total. The Morgan fingerprint density at radius 3 is 1.41 bits per heavy atom.